The van der Waals surface area contributed by atoms with Crippen molar-refractivity contribution in [3.05, 3.63) is 28.8 Å². The largest absolute Gasteiger partial charge is 0.476 e. The van der Waals surface area contributed by atoms with Crippen LogP contribution in [0.1, 0.15) is 28.0 Å². The summed E-state index contributed by atoms with van der Waals surface area (Å²) < 4.78 is 37.7. The number of carboxylic acid groups (broad SMARTS) is 1. The van der Waals surface area contributed by atoms with Crippen LogP contribution >= 0.6 is 0 Å². The van der Waals surface area contributed by atoms with Crippen LogP contribution in [0.5, 0.6) is 0 Å². The van der Waals surface area contributed by atoms with Gasteiger partial charge in [0.05, 0.1) is 5.56 Å². The van der Waals surface area contributed by atoms with Crippen molar-refractivity contribution < 1.29 is 23.1 Å². The topological polar surface area (TPSA) is 76.2 Å². The van der Waals surface area contributed by atoms with E-state index >= 15 is 0 Å². The molecular weight excluding hydrogens is 213 g/mol. The smallest absolute Gasteiger partial charge is 0.355 e. The molecule has 0 amide bonds. The maximum Gasteiger partial charge on any atom is 0.355 e. The molecule has 15 heavy (non-hydrogen) atoms. The van der Waals surface area contributed by atoms with Gasteiger partial charge in [0.1, 0.15) is 0 Å². The molecule has 0 aliphatic carbocycles. The average molecular weight is 220 g/mol. The van der Waals surface area contributed by atoms with Crippen molar-refractivity contribution in [3.63, 3.8) is 0 Å². The van der Waals surface area contributed by atoms with Crippen LogP contribution in [0.25, 0.3) is 0 Å². The predicted molar refractivity (Wildman–Crippen MR) is 44.0 cm³/mol. The number of halogens is 3. The van der Waals surface area contributed by atoms with Gasteiger partial charge in [0.2, 0.25) is 5.95 Å². The molecule has 0 radical (unpaired) electrons. The number of aromatic carboxylic acids is 1. The van der Waals surface area contributed by atoms with Crippen LogP contribution in [0.2, 0.25) is 0 Å². The Hall–Kier alpha value is -1.63. The third kappa shape index (κ3) is 2.24. The molecule has 0 unspecified atom stereocenters. The Morgan fingerprint density at radius 1 is 1.60 bits per heavy atom. The number of carboxylic acids is 1. The molecule has 4 nitrogen and oxygen atoms in total. The first-order valence-corrected chi connectivity index (χ1v) is 3.88. The van der Waals surface area contributed by atoms with E-state index in [4.69, 9.17) is 10.8 Å². The molecule has 0 aliphatic rings. The maximum atomic E-state index is 13.0. The average Bonchev–Trinajstić information content (AvgIpc) is 2.16. The number of hydrogen-bond donors (Lipinski definition) is 2. The maximum absolute atomic E-state index is 13.0. The third-order valence-electron chi connectivity index (χ3n) is 1.74. The van der Waals surface area contributed by atoms with Gasteiger partial charge in [0.15, 0.2) is 5.69 Å². The molecule has 0 fully saturated rings. The Balaban J connectivity index is 3.38. The molecule has 3 N–H and O–H groups in total. The van der Waals surface area contributed by atoms with Crippen molar-refractivity contribution in [2.45, 2.75) is 13.0 Å². The first-order chi connectivity index (χ1) is 6.97. The molecule has 0 atom stereocenters. The van der Waals surface area contributed by atoms with Crippen molar-refractivity contribution in [2.75, 3.05) is 0 Å². The number of pyridine rings is 1. The number of alkyl halides is 2. The molecule has 1 heterocycles. The highest BCUT2D eigenvalue weighted by Gasteiger charge is 2.22. The molecule has 0 aromatic carbocycles. The number of hydrogen-bond acceptors (Lipinski definition) is 3. The Labute approximate surface area is 82.5 Å². The van der Waals surface area contributed by atoms with Gasteiger partial charge < -0.3 is 10.8 Å². The van der Waals surface area contributed by atoms with Crippen LogP contribution in [-0.2, 0) is 6.54 Å². The Morgan fingerprint density at radius 2 is 2.20 bits per heavy atom. The van der Waals surface area contributed by atoms with Crippen LogP contribution in [0.4, 0.5) is 13.2 Å². The number of rotatable bonds is 3. The van der Waals surface area contributed by atoms with Crippen LogP contribution in [-0.4, -0.2) is 16.1 Å². The highest BCUT2D eigenvalue weighted by Crippen LogP contribution is 2.23. The fourth-order valence-corrected chi connectivity index (χ4v) is 1.03. The first kappa shape index (κ1) is 11.4. The van der Waals surface area contributed by atoms with E-state index in [2.05, 4.69) is 4.98 Å². The van der Waals surface area contributed by atoms with E-state index in [1.807, 2.05) is 0 Å². The zero-order chi connectivity index (χ0) is 11.6. The van der Waals surface area contributed by atoms with E-state index in [0.717, 1.165) is 6.07 Å². The second kappa shape index (κ2) is 4.26. The highest BCUT2D eigenvalue weighted by molar-refractivity contribution is 5.87. The second-order valence-electron chi connectivity index (χ2n) is 2.69. The minimum atomic E-state index is -3.03. The molecule has 7 heteroatoms. The van der Waals surface area contributed by atoms with Crippen molar-refractivity contribution in [1.29, 1.82) is 0 Å². The quantitative estimate of drug-likeness (QED) is 0.753. The fourth-order valence-electron chi connectivity index (χ4n) is 1.03. The van der Waals surface area contributed by atoms with Gasteiger partial charge in [-0.25, -0.2) is 18.6 Å². The summed E-state index contributed by atoms with van der Waals surface area (Å²) in [6, 6.07) is 0.719. The molecule has 0 saturated heterocycles. The van der Waals surface area contributed by atoms with E-state index in [-0.39, 0.29) is 12.1 Å². The van der Waals surface area contributed by atoms with E-state index in [0.29, 0.717) is 0 Å². The summed E-state index contributed by atoms with van der Waals surface area (Å²) in [7, 11) is 0. The lowest BCUT2D eigenvalue weighted by atomic mass is 10.1. The van der Waals surface area contributed by atoms with Gasteiger partial charge in [-0.15, -0.1) is 0 Å². The summed E-state index contributed by atoms with van der Waals surface area (Å²) in [5.41, 5.74) is 3.02. The Morgan fingerprint density at radius 3 is 2.60 bits per heavy atom. The summed E-state index contributed by atoms with van der Waals surface area (Å²) >= 11 is 0. The van der Waals surface area contributed by atoms with E-state index in [1.165, 1.54) is 0 Å². The lowest BCUT2D eigenvalue weighted by Crippen LogP contribution is -2.12. The predicted octanol–water partition coefficient (Wildman–Crippen LogP) is 1.32. The third-order valence-corrected chi connectivity index (χ3v) is 1.74. The Kier molecular flexibility index (Phi) is 3.25. The van der Waals surface area contributed by atoms with Crippen LogP contribution in [0.3, 0.4) is 0 Å². The fraction of sp³-hybridized carbons (Fsp3) is 0.250. The summed E-state index contributed by atoms with van der Waals surface area (Å²) in [5, 5.41) is 8.51. The molecular formula is C8H7F3N2O2. The first-order valence-electron chi connectivity index (χ1n) is 3.88. The molecule has 0 saturated carbocycles. The van der Waals surface area contributed by atoms with Gasteiger partial charge in [0, 0.05) is 12.1 Å². The van der Waals surface area contributed by atoms with Crippen molar-refractivity contribution in [3.8, 4) is 0 Å². The van der Waals surface area contributed by atoms with Gasteiger partial charge >= 0.3 is 5.97 Å². The standard InChI is InChI=1S/C8H7F3N2O2/c9-6(10)4-1-3(2-12)7(11)13-5(4)8(14)15/h1,6H,2,12H2,(H,14,15). The second-order valence-corrected chi connectivity index (χ2v) is 2.69. The van der Waals surface area contributed by atoms with Gasteiger partial charge in [-0.3, -0.25) is 0 Å². The highest BCUT2D eigenvalue weighted by atomic mass is 19.3. The summed E-state index contributed by atoms with van der Waals surface area (Å²) in [6.07, 6.45) is -3.03. The number of carbonyl (C=O) groups is 1. The summed E-state index contributed by atoms with van der Waals surface area (Å²) in [5.74, 6) is -2.84. The minimum Gasteiger partial charge on any atom is -0.476 e. The Bertz CT molecular complexity index is 396. The zero-order valence-electron chi connectivity index (χ0n) is 7.38. The van der Waals surface area contributed by atoms with Crippen molar-refractivity contribution >= 4 is 5.97 Å². The number of nitrogens with zero attached hydrogens (tertiary/aromatic N) is 1. The summed E-state index contributed by atoms with van der Waals surface area (Å²) in [4.78, 5) is 13.4. The SMILES string of the molecule is NCc1cc(C(F)F)c(C(=O)O)nc1F. The molecule has 1 aromatic rings. The van der Waals surface area contributed by atoms with Gasteiger partial charge in [-0.2, -0.15) is 4.39 Å². The van der Waals surface area contributed by atoms with E-state index < -0.39 is 29.6 Å². The minimum absolute atomic E-state index is 0.240. The number of nitrogens with two attached hydrogens (primary N) is 1. The van der Waals surface area contributed by atoms with Crippen LogP contribution < -0.4 is 5.73 Å². The molecule has 0 spiro atoms. The summed E-state index contributed by atoms with van der Waals surface area (Å²) in [6.45, 7) is -0.321. The zero-order valence-corrected chi connectivity index (χ0v) is 7.38. The molecule has 0 aliphatic heterocycles. The normalized spacial score (nSPS) is 10.7. The van der Waals surface area contributed by atoms with Gasteiger partial charge in [-0.05, 0) is 6.07 Å². The van der Waals surface area contributed by atoms with Gasteiger partial charge in [0.25, 0.3) is 6.43 Å². The molecule has 0 bridgehead atoms. The van der Waals surface area contributed by atoms with Crippen LogP contribution in [0, 0.1) is 5.95 Å². The van der Waals surface area contributed by atoms with Crippen molar-refractivity contribution in [2.24, 2.45) is 5.73 Å². The molecule has 82 valence electrons. The lowest BCUT2D eigenvalue weighted by Gasteiger charge is -2.07. The molecule has 1 aromatic heterocycles. The van der Waals surface area contributed by atoms with E-state index in [9.17, 15) is 18.0 Å². The molecule has 1 rings (SSSR count). The van der Waals surface area contributed by atoms with E-state index in [1.54, 1.807) is 0 Å². The van der Waals surface area contributed by atoms with Gasteiger partial charge in [-0.1, -0.05) is 0 Å². The lowest BCUT2D eigenvalue weighted by molar-refractivity contribution is 0.0675. The monoisotopic (exact) mass is 220 g/mol. The van der Waals surface area contributed by atoms with Crippen LogP contribution in [0.15, 0.2) is 6.07 Å². The van der Waals surface area contributed by atoms with Crippen molar-refractivity contribution in [1.82, 2.24) is 4.98 Å². The number of aromatic nitrogens is 1.